The fourth-order valence-corrected chi connectivity index (χ4v) is 6.01. The van der Waals surface area contributed by atoms with Crippen LogP contribution in [0.5, 0.6) is 5.75 Å². The molecule has 1 N–H and O–H groups in total. The number of thiophene rings is 1. The standard InChI is InChI=1S/C26H22ClN5O4S2/c1-4-36-25(34)21-14(2)20-23(33)28-19(29-24(20)38-21)13-37-26-31-30-22(17-7-5-6-8-18(17)35-3)32(26)16-11-9-15(27)10-12-16/h5-12H,4,13H2,1-3H3,(H,28,29,33). The summed E-state index contributed by atoms with van der Waals surface area (Å²) < 4.78 is 12.6. The molecule has 5 rings (SSSR count). The third-order valence-electron chi connectivity index (χ3n) is 5.71. The molecule has 0 amide bonds. The third kappa shape index (κ3) is 4.92. The number of aryl methyl sites for hydroxylation is 1. The Labute approximate surface area is 230 Å². The van der Waals surface area contributed by atoms with Crippen LogP contribution in [0.1, 0.15) is 28.0 Å². The summed E-state index contributed by atoms with van der Waals surface area (Å²) in [5.74, 6) is 1.57. The normalized spacial score (nSPS) is 11.2. The van der Waals surface area contributed by atoms with Crippen molar-refractivity contribution in [1.29, 1.82) is 0 Å². The Bertz CT molecular complexity index is 1690. The van der Waals surface area contributed by atoms with Crippen LogP contribution in [-0.2, 0) is 10.5 Å². The second-order valence-corrected chi connectivity index (χ2v) is 10.5. The molecular weight excluding hydrogens is 546 g/mol. The number of thioether (sulfide) groups is 1. The summed E-state index contributed by atoms with van der Waals surface area (Å²) in [7, 11) is 1.61. The van der Waals surface area contributed by atoms with Crippen molar-refractivity contribution < 1.29 is 14.3 Å². The van der Waals surface area contributed by atoms with Crippen molar-refractivity contribution >= 4 is 50.9 Å². The first-order valence-electron chi connectivity index (χ1n) is 11.6. The number of carbonyl (C=O) groups is 1. The topological polar surface area (TPSA) is 112 Å². The van der Waals surface area contributed by atoms with Crippen molar-refractivity contribution in [2.45, 2.75) is 24.8 Å². The van der Waals surface area contributed by atoms with Crippen molar-refractivity contribution in [3.05, 3.63) is 80.2 Å². The number of halogens is 1. The highest BCUT2D eigenvalue weighted by Gasteiger charge is 2.22. The molecule has 0 spiro atoms. The fourth-order valence-electron chi connectivity index (χ4n) is 3.97. The van der Waals surface area contributed by atoms with Crippen LogP contribution in [0.4, 0.5) is 0 Å². The van der Waals surface area contributed by atoms with E-state index in [1.54, 1.807) is 33.1 Å². The summed E-state index contributed by atoms with van der Waals surface area (Å²) in [6, 6.07) is 14.9. The lowest BCUT2D eigenvalue weighted by molar-refractivity contribution is 0.0531. The summed E-state index contributed by atoms with van der Waals surface area (Å²) in [6.07, 6.45) is 0. The average Bonchev–Trinajstić information content (AvgIpc) is 3.49. The lowest BCUT2D eigenvalue weighted by Gasteiger charge is -2.12. The number of esters is 1. The molecule has 0 aliphatic carbocycles. The molecule has 3 aromatic heterocycles. The minimum Gasteiger partial charge on any atom is -0.496 e. The van der Waals surface area contributed by atoms with E-state index in [0.717, 1.165) is 22.6 Å². The number of methoxy groups -OCH3 is 1. The third-order valence-corrected chi connectivity index (χ3v) is 8.07. The van der Waals surface area contributed by atoms with Crippen LogP contribution < -0.4 is 10.3 Å². The van der Waals surface area contributed by atoms with Gasteiger partial charge in [0.2, 0.25) is 0 Å². The van der Waals surface area contributed by atoms with Crippen LogP contribution in [0, 0.1) is 6.92 Å². The van der Waals surface area contributed by atoms with Gasteiger partial charge in [0, 0.05) is 10.7 Å². The van der Waals surface area contributed by atoms with Gasteiger partial charge in [0.1, 0.15) is 21.3 Å². The first kappa shape index (κ1) is 26.0. The number of ether oxygens (including phenoxy) is 2. The van der Waals surface area contributed by atoms with E-state index in [0.29, 0.717) is 54.0 Å². The molecule has 0 unspecified atom stereocenters. The van der Waals surface area contributed by atoms with Crippen LogP contribution in [0.25, 0.3) is 27.3 Å². The van der Waals surface area contributed by atoms with Gasteiger partial charge in [0.15, 0.2) is 11.0 Å². The number of carbonyl (C=O) groups excluding carboxylic acids is 1. The van der Waals surface area contributed by atoms with E-state index in [2.05, 4.69) is 20.2 Å². The first-order valence-corrected chi connectivity index (χ1v) is 13.8. The minimum absolute atomic E-state index is 0.253. The van der Waals surface area contributed by atoms with E-state index >= 15 is 0 Å². The molecule has 38 heavy (non-hydrogen) atoms. The van der Waals surface area contributed by atoms with Gasteiger partial charge >= 0.3 is 5.97 Å². The summed E-state index contributed by atoms with van der Waals surface area (Å²) in [4.78, 5) is 33.5. The summed E-state index contributed by atoms with van der Waals surface area (Å²) in [5.41, 5.74) is 1.86. The lowest BCUT2D eigenvalue weighted by Crippen LogP contribution is -2.11. The van der Waals surface area contributed by atoms with E-state index in [4.69, 9.17) is 21.1 Å². The zero-order chi connectivity index (χ0) is 26.8. The number of rotatable bonds is 8. The highest BCUT2D eigenvalue weighted by molar-refractivity contribution is 7.98. The number of benzene rings is 2. The maximum Gasteiger partial charge on any atom is 0.348 e. The number of aromatic nitrogens is 5. The summed E-state index contributed by atoms with van der Waals surface area (Å²) in [5, 5.41) is 10.5. The van der Waals surface area contributed by atoms with Gasteiger partial charge in [-0.15, -0.1) is 21.5 Å². The lowest BCUT2D eigenvalue weighted by atomic mass is 10.2. The maximum absolute atomic E-state index is 12.9. The van der Waals surface area contributed by atoms with Crippen molar-refractivity contribution in [2.75, 3.05) is 13.7 Å². The molecule has 0 atom stereocenters. The van der Waals surface area contributed by atoms with E-state index < -0.39 is 5.97 Å². The maximum atomic E-state index is 12.9. The molecule has 0 bridgehead atoms. The van der Waals surface area contributed by atoms with Crippen LogP contribution in [0.15, 0.2) is 58.5 Å². The molecule has 0 saturated carbocycles. The number of para-hydroxylation sites is 1. The molecule has 194 valence electrons. The SMILES string of the molecule is CCOC(=O)c1sc2nc(CSc3nnc(-c4ccccc4OC)n3-c3ccc(Cl)cc3)[nH]c(=O)c2c1C. The Balaban J connectivity index is 1.52. The molecule has 0 aliphatic rings. The van der Waals surface area contributed by atoms with Crippen LogP contribution in [0.3, 0.4) is 0 Å². The van der Waals surface area contributed by atoms with Crippen molar-refractivity contribution in [3.63, 3.8) is 0 Å². The predicted molar refractivity (Wildman–Crippen MR) is 149 cm³/mol. The smallest absolute Gasteiger partial charge is 0.348 e. The Morgan fingerprint density at radius 3 is 2.66 bits per heavy atom. The molecule has 0 aliphatic heterocycles. The minimum atomic E-state index is -0.455. The van der Waals surface area contributed by atoms with Gasteiger partial charge in [-0.2, -0.15) is 0 Å². The first-order chi connectivity index (χ1) is 18.4. The number of nitrogens with zero attached hydrogens (tertiary/aromatic N) is 4. The number of aromatic amines is 1. The number of hydrogen-bond donors (Lipinski definition) is 1. The number of hydrogen-bond acceptors (Lipinski definition) is 9. The Kier molecular flexibility index (Phi) is 7.50. The largest absolute Gasteiger partial charge is 0.496 e. The number of H-pyrrole nitrogens is 1. The van der Waals surface area contributed by atoms with Gasteiger partial charge < -0.3 is 14.5 Å². The monoisotopic (exact) mass is 567 g/mol. The van der Waals surface area contributed by atoms with Crippen molar-refractivity contribution in [3.8, 4) is 22.8 Å². The van der Waals surface area contributed by atoms with E-state index in [-0.39, 0.29) is 12.2 Å². The average molecular weight is 568 g/mol. The molecule has 12 heteroatoms. The van der Waals surface area contributed by atoms with Gasteiger partial charge in [-0.25, -0.2) is 9.78 Å². The van der Waals surface area contributed by atoms with E-state index in [9.17, 15) is 9.59 Å². The van der Waals surface area contributed by atoms with Crippen LogP contribution in [0.2, 0.25) is 5.02 Å². The van der Waals surface area contributed by atoms with E-state index in [1.165, 1.54) is 11.8 Å². The number of nitrogens with one attached hydrogen (secondary N) is 1. The Morgan fingerprint density at radius 2 is 1.92 bits per heavy atom. The van der Waals surface area contributed by atoms with Crippen LogP contribution >= 0.6 is 34.7 Å². The number of fused-ring (bicyclic) bond motifs is 1. The highest BCUT2D eigenvalue weighted by Crippen LogP contribution is 2.34. The highest BCUT2D eigenvalue weighted by atomic mass is 35.5. The molecule has 0 fully saturated rings. The van der Waals surface area contributed by atoms with Gasteiger partial charge in [-0.3, -0.25) is 9.36 Å². The molecule has 0 radical (unpaired) electrons. The molecule has 3 heterocycles. The zero-order valence-electron chi connectivity index (χ0n) is 20.6. The van der Waals surface area contributed by atoms with Crippen molar-refractivity contribution in [1.82, 2.24) is 24.7 Å². The Hall–Kier alpha value is -3.67. The molecule has 2 aromatic carbocycles. The molecule has 0 saturated heterocycles. The molecule has 9 nitrogen and oxygen atoms in total. The van der Waals surface area contributed by atoms with Gasteiger partial charge in [0.05, 0.1) is 30.4 Å². The molecular formula is C26H22ClN5O4S2. The van der Waals surface area contributed by atoms with Crippen LogP contribution in [-0.4, -0.2) is 44.4 Å². The quantitative estimate of drug-likeness (QED) is 0.188. The summed E-state index contributed by atoms with van der Waals surface area (Å²) in [6.45, 7) is 3.72. The van der Waals surface area contributed by atoms with E-state index in [1.807, 2.05) is 41.0 Å². The zero-order valence-corrected chi connectivity index (χ0v) is 23.0. The summed E-state index contributed by atoms with van der Waals surface area (Å²) >= 11 is 8.66. The van der Waals surface area contributed by atoms with Gasteiger partial charge in [0.25, 0.3) is 5.56 Å². The van der Waals surface area contributed by atoms with Gasteiger partial charge in [-0.1, -0.05) is 35.5 Å². The van der Waals surface area contributed by atoms with Crippen molar-refractivity contribution in [2.24, 2.45) is 0 Å². The fraction of sp³-hybridized carbons (Fsp3) is 0.192. The Morgan fingerprint density at radius 1 is 1.16 bits per heavy atom. The van der Waals surface area contributed by atoms with Gasteiger partial charge in [-0.05, 0) is 55.8 Å². The molecule has 5 aromatic rings. The second-order valence-electron chi connectivity index (χ2n) is 8.08. The second kappa shape index (κ2) is 11.0. The predicted octanol–water partition coefficient (Wildman–Crippen LogP) is 5.67.